The van der Waals surface area contributed by atoms with Crippen LogP contribution in [0.25, 0.3) is 0 Å². The minimum atomic E-state index is -0.224. The van der Waals surface area contributed by atoms with Crippen molar-refractivity contribution in [3.05, 3.63) is 65.7 Å². The molecule has 0 saturated carbocycles. The molecule has 1 amide bonds. The molecule has 0 N–H and O–H groups in total. The molecule has 2 rings (SSSR count). The maximum Gasteiger partial charge on any atom is 0.272 e. The summed E-state index contributed by atoms with van der Waals surface area (Å²) in [5.74, 6) is -0.224. The first-order valence-corrected chi connectivity index (χ1v) is 5.64. The van der Waals surface area contributed by atoms with Crippen LogP contribution in [0, 0.1) is 6.92 Å². The van der Waals surface area contributed by atoms with Crippen LogP contribution in [0.5, 0.6) is 0 Å². The fourth-order valence-electron chi connectivity index (χ4n) is 1.49. The van der Waals surface area contributed by atoms with Crippen molar-refractivity contribution in [1.82, 2.24) is 0 Å². The number of hydrogen-bond donors (Lipinski definition) is 0. The number of rotatable bonds is 2. The zero-order chi connectivity index (χ0) is 12.3. The predicted octanol–water partition coefficient (Wildman–Crippen LogP) is 3.80. The molecule has 3 heteroatoms. The Labute approximate surface area is 106 Å². The normalized spacial score (nSPS) is 10.0. The summed E-state index contributed by atoms with van der Waals surface area (Å²) in [6, 6.07) is 16.5. The summed E-state index contributed by atoms with van der Waals surface area (Å²) in [4.78, 5) is 12.1. The van der Waals surface area contributed by atoms with E-state index in [4.69, 9.17) is 11.8 Å². The summed E-state index contributed by atoms with van der Waals surface area (Å²) in [6.45, 7) is 1.98. The topological polar surface area (TPSA) is 20.3 Å². The van der Waals surface area contributed by atoms with E-state index in [9.17, 15) is 4.79 Å². The highest BCUT2D eigenvalue weighted by Crippen LogP contribution is 2.19. The molecule has 0 saturated heterocycles. The summed E-state index contributed by atoms with van der Waals surface area (Å²) >= 11 is 6.01. The highest BCUT2D eigenvalue weighted by Gasteiger charge is 2.14. The monoisotopic (exact) mass is 245 g/mol. The smallest absolute Gasteiger partial charge is 0.267 e. The van der Waals surface area contributed by atoms with Gasteiger partial charge in [0.15, 0.2) is 0 Å². The summed E-state index contributed by atoms with van der Waals surface area (Å²) in [5.41, 5.74) is 2.36. The van der Waals surface area contributed by atoms with Crippen LogP contribution in [-0.4, -0.2) is 5.91 Å². The quantitative estimate of drug-likeness (QED) is 0.737. The van der Waals surface area contributed by atoms with Crippen LogP contribution in [0.3, 0.4) is 0 Å². The molecule has 86 valence electrons. The first-order chi connectivity index (χ1) is 8.18. The number of hydrogen-bond acceptors (Lipinski definition) is 1. The number of nitrogens with zero attached hydrogens (tertiary/aromatic N) is 1. The maximum absolute atomic E-state index is 12.1. The first kappa shape index (κ1) is 11.7. The van der Waals surface area contributed by atoms with Crippen molar-refractivity contribution in [2.45, 2.75) is 6.92 Å². The Morgan fingerprint density at radius 2 is 1.59 bits per heavy atom. The summed E-state index contributed by atoms with van der Waals surface area (Å²) in [5, 5.41) is 0. The van der Waals surface area contributed by atoms with Crippen molar-refractivity contribution in [2.24, 2.45) is 0 Å². The Morgan fingerprint density at radius 3 is 2.18 bits per heavy atom. The van der Waals surface area contributed by atoms with E-state index in [1.807, 2.05) is 37.3 Å². The third-order valence-electron chi connectivity index (χ3n) is 2.46. The number of halogens is 1. The molecule has 0 spiro atoms. The lowest BCUT2D eigenvalue weighted by atomic mass is 10.1. The molecule has 0 aliphatic rings. The van der Waals surface area contributed by atoms with Gasteiger partial charge in [-0.3, -0.25) is 4.79 Å². The second-order valence-corrected chi connectivity index (χ2v) is 4.13. The van der Waals surface area contributed by atoms with E-state index in [0.717, 1.165) is 9.98 Å². The zero-order valence-electron chi connectivity index (χ0n) is 9.43. The molecule has 0 bridgehead atoms. The van der Waals surface area contributed by atoms with Gasteiger partial charge in [-0.1, -0.05) is 35.9 Å². The Morgan fingerprint density at radius 1 is 1.00 bits per heavy atom. The van der Waals surface area contributed by atoms with Crippen LogP contribution in [-0.2, 0) is 0 Å². The van der Waals surface area contributed by atoms with Gasteiger partial charge in [0.05, 0.1) is 5.69 Å². The molecule has 0 aliphatic carbocycles. The summed E-state index contributed by atoms with van der Waals surface area (Å²) in [6.07, 6.45) is 0. The fourth-order valence-corrected chi connectivity index (χ4v) is 1.70. The minimum absolute atomic E-state index is 0.224. The molecule has 0 radical (unpaired) electrons. The van der Waals surface area contributed by atoms with E-state index in [0.29, 0.717) is 11.3 Å². The van der Waals surface area contributed by atoms with Crippen molar-refractivity contribution in [3.8, 4) is 0 Å². The van der Waals surface area contributed by atoms with Crippen LogP contribution in [0.2, 0.25) is 0 Å². The molecule has 17 heavy (non-hydrogen) atoms. The van der Waals surface area contributed by atoms with Gasteiger partial charge >= 0.3 is 0 Å². The van der Waals surface area contributed by atoms with E-state index in [2.05, 4.69) is 0 Å². The molecular formula is C14H12ClNO. The number of carbonyl (C=O) groups is 1. The van der Waals surface area contributed by atoms with Crippen molar-refractivity contribution < 1.29 is 4.79 Å². The van der Waals surface area contributed by atoms with Gasteiger partial charge < -0.3 is 0 Å². The van der Waals surface area contributed by atoms with E-state index >= 15 is 0 Å². The molecule has 0 aliphatic heterocycles. The minimum Gasteiger partial charge on any atom is -0.267 e. The van der Waals surface area contributed by atoms with Gasteiger partial charge in [0.25, 0.3) is 5.91 Å². The fraction of sp³-hybridized carbons (Fsp3) is 0.0714. The summed E-state index contributed by atoms with van der Waals surface area (Å²) < 4.78 is 1.13. The number of para-hydroxylation sites is 1. The average Bonchev–Trinajstić information content (AvgIpc) is 2.39. The number of amides is 1. The van der Waals surface area contributed by atoms with Crippen LogP contribution in [0.4, 0.5) is 5.69 Å². The van der Waals surface area contributed by atoms with Gasteiger partial charge in [-0.05, 0) is 31.2 Å². The van der Waals surface area contributed by atoms with E-state index in [1.165, 1.54) is 0 Å². The molecule has 2 aromatic carbocycles. The van der Waals surface area contributed by atoms with Crippen molar-refractivity contribution in [1.29, 1.82) is 0 Å². The van der Waals surface area contributed by atoms with E-state index in [1.54, 1.807) is 24.3 Å². The van der Waals surface area contributed by atoms with Gasteiger partial charge in [0.2, 0.25) is 0 Å². The SMILES string of the molecule is Cc1ccc(C(=O)N(Cl)c2ccccc2)cc1. The first-order valence-electron chi connectivity index (χ1n) is 5.30. The third-order valence-corrected chi connectivity index (χ3v) is 2.81. The molecule has 0 atom stereocenters. The van der Waals surface area contributed by atoms with Gasteiger partial charge in [-0.25, -0.2) is 4.42 Å². The molecule has 2 aromatic rings. The van der Waals surface area contributed by atoms with Crippen molar-refractivity contribution >= 4 is 23.4 Å². The van der Waals surface area contributed by atoms with Crippen LogP contribution < -0.4 is 4.42 Å². The lowest BCUT2D eigenvalue weighted by molar-refractivity contribution is 0.101. The van der Waals surface area contributed by atoms with Gasteiger partial charge in [-0.2, -0.15) is 0 Å². The van der Waals surface area contributed by atoms with Gasteiger partial charge in [-0.15, -0.1) is 0 Å². The van der Waals surface area contributed by atoms with Gasteiger partial charge in [0, 0.05) is 17.3 Å². The third kappa shape index (κ3) is 2.66. The molecule has 0 aromatic heterocycles. The standard InChI is InChI=1S/C14H12ClNO/c1-11-7-9-12(10-8-11)14(17)16(15)13-5-3-2-4-6-13/h2-10H,1H3. The Hall–Kier alpha value is -1.80. The molecular weight excluding hydrogens is 234 g/mol. The highest BCUT2D eigenvalue weighted by atomic mass is 35.5. The predicted molar refractivity (Wildman–Crippen MR) is 70.3 cm³/mol. The number of anilines is 1. The Bertz CT molecular complexity index is 508. The van der Waals surface area contributed by atoms with Crippen molar-refractivity contribution in [3.63, 3.8) is 0 Å². The van der Waals surface area contributed by atoms with E-state index in [-0.39, 0.29) is 5.91 Å². The molecule has 2 nitrogen and oxygen atoms in total. The highest BCUT2D eigenvalue weighted by molar-refractivity contribution is 6.39. The lowest BCUT2D eigenvalue weighted by Gasteiger charge is -2.13. The van der Waals surface area contributed by atoms with Crippen molar-refractivity contribution in [2.75, 3.05) is 4.42 Å². The van der Waals surface area contributed by atoms with Crippen LogP contribution in [0.1, 0.15) is 15.9 Å². The number of carbonyl (C=O) groups excluding carboxylic acids is 1. The second-order valence-electron chi connectivity index (χ2n) is 3.79. The average molecular weight is 246 g/mol. The Balaban J connectivity index is 2.23. The van der Waals surface area contributed by atoms with Gasteiger partial charge in [0.1, 0.15) is 0 Å². The maximum atomic E-state index is 12.1. The molecule has 0 fully saturated rings. The molecule has 0 unspecified atom stereocenters. The second kappa shape index (κ2) is 5.02. The molecule has 0 heterocycles. The van der Waals surface area contributed by atoms with E-state index < -0.39 is 0 Å². The summed E-state index contributed by atoms with van der Waals surface area (Å²) in [7, 11) is 0. The number of benzene rings is 2. The largest absolute Gasteiger partial charge is 0.272 e. The lowest BCUT2D eigenvalue weighted by Crippen LogP contribution is -2.20. The Kier molecular flexibility index (Phi) is 3.45. The van der Waals surface area contributed by atoms with Crippen LogP contribution >= 0.6 is 11.8 Å². The zero-order valence-corrected chi connectivity index (χ0v) is 10.2. The van der Waals surface area contributed by atoms with Crippen LogP contribution in [0.15, 0.2) is 54.6 Å². The number of aryl methyl sites for hydroxylation is 1.